The van der Waals surface area contributed by atoms with Crippen LogP contribution < -0.4 is 16.4 Å². The lowest BCUT2D eigenvalue weighted by molar-refractivity contribution is -0.120. The monoisotopic (exact) mass is 307 g/mol. The summed E-state index contributed by atoms with van der Waals surface area (Å²) in [6.45, 7) is 2.23. The molecular weight excluding hydrogens is 285 g/mol. The van der Waals surface area contributed by atoms with Gasteiger partial charge in [-0.15, -0.1) is 0 Å². The summed E-state index contributed by atoms with van der Waals surface area (Å²) in [5, 5.41) is 5.91. The lowest BCUT2D eigenvalue weighted by Crippen LogP contribution is -2.43. The van der Waals surface area contributed by atoms with Crippen LogP contribution in [0.15, 0.2) is 18.2 Å². The zero-order chi connectivity index (χ0) is 16.1. The number of halogens is 1. The third kappa shape index (κ3) is 4.19. The van der Waals surface area contributed by atoms with Crippen molar-refractivity contribution in [1.82, 2.24) is 5.32 Å². The van der Waals surface area contributed by atoms with Crippen molar-refractivity contribution in [2.75, 3.05) is 11.9 Å². The Hall–Kier alpha value is -2.11. The Labute approximate surface area is 129 Å². The van der Waals surface area contributed by atoms with Gasteiger partial charge in [-0.05, 0) is 37.0 Å². The van der Waals surface area contributed by atoms with Crippen LogP contribution in [-0.4, -0.2) is 24.4 Å². The lowest BCUT2D eigenvalue weighted by atomic mass is 9.86. The van der Waals surface area contributed by atoms with Gasteiger partial charge in [0.05, 0.1) is 12.1 Å². The van der Waals surface area contributed by atoms with Crippen molar-refractivity contribution in [1.29, 1.82) is 0 Å². The predicted molar refractivity (Wildman–Crippen MR) is 83.0 cm³/mol. The maximum Gasteiger partial charge on any atom is 0.251 e. The van der Waals surface area contributed by atoms with Gasteiger partial charge < -0.3 is 16.4 Å². The number of nitrogens with two attached hydrogens (primary N) is 1. The molecular formula is C16H22FN3O2. The van der Waals surface area contributed by atoms with Gasteiger partial charge >= 0.3 is 0 Å². The first-order valence-corrected chi connectivity index (χ1v) is 7.60. The number of hydrogen-bond donors (Lipinski definition) is 3. The summed E-state index contributed by atoms with van der Waals surface area (Å²) in [4.78, 5) is 23.1. The van der Waals surface area contributed by atoms with E-state index in [2.05, 4.69) is 17.6 Å². The summed E-state index contributed by atoms with van der Waals surface area (Å²) >= 11 is 0. The molecule has 5 nitrogen and oxygen atoms in total. The Morgan fingerprint density at radius 1 is 1.32 bits per heavy atom. The summed E-state index contributed by atoms with van der Waals surface area (Å²) in [6.07, 6.45) is 4.51. The van der Waals surface area contributed by atoms with Gasteiger partial charge in [0.2, 0.25) is 5.91 Å². The van der Waals surface area contributed by atoms with Crippen LogP contribution in [0.5, 0.6) is 0 Å². The van der Waals surface area contributed by atoms with Crippen molar-refractivity contribution < 1.29 is 14.0 Å². The van der Waals surface area contributed by atoms with Gasteiger partial charge in [-0.25, -0.2) is 4.39 Å². The maximum atomic E-state index is 13.4. The van der Waals surface area contributed by atoms with Gasteiger partial charge in [0.25, 0.3) is 5.91 Å². The molecule has 0 bridgehead atoms. The maximum absolute atomic E-state index is 13.4. The largest absolute Gasteiger partial charge is 0.376 e. The quantitative estimate of drug-likeness (QED) is 0.778. The van der Waals surface area contributed by atoms with Crippen LogP contribution in [-0.2, 0) is 4.79 Å². The molecule has 1 aromatic rings. The van der Waals surface area contributed by atoms with Gasteiger partial charge in [-0.1, -0.05) is 19.8 Å². The third-order valence-corrected chi connectivity index (χ3v) is 4.14. The average molecular weight is 307 g/mol. The molecule has 2 atom stereocenters. The molecule has 1 aliphatic carbocycles. The van der Waals surface area contributed by atoms with E-state index in [0.717, 1.165) is 25.3 Å². The van der Waals surface area contributed by atoms with E-state index in [-0.39, 0.29) is 24.1 Å². The second-order valence-corrected chi connectivity index (χ2v) is 5.85. The minimum absolute atomic E-state index is 0.0764. The zero-order valence-corrected chi connectivity index (χ0v) is 12.7. The number of carbonyl (C=O) groups excluding carboxylic acids is 2. The average Bonchev–Trinajstić information content (AvgIpc) is 2.48. The number of anilines is 1. The van der Waals surface area contributed by atoms with Crippen LogP contribution in [0.25, 0.3) is 0 Å². The third-order valence-electron chi connectivity index (χ3n) is 4.14. The molecule has 1 fully saturated rings. The molecule has 0 aromatic heterocycles. The van der Waals surface area contributed by atoms with Crippen LogP contribution in [0.4, 0.5) is 10.1 Å². The van der Waals surface area contributed by atoms with E-state index in [1.165, 1.54) is 18.6 Å². The van der Waals surface area contributed by atoms with E-state index in [4.69, 9.17) is 5.73 Å². The van der Waals surface area contributed by atoms with Crippen molar-refractivity contribution in [3.8, 4) is 0 Å². The molecule has 0 spiro atoms. The SMILES string of the molecule is CC1CCCCC1NC(=O)CNc1ccc(F)c(C(N)=O)c1. The number of primary amides is 1. The second-order valence-electron chi connectivity index (χ2n) is 5.85. The Morgan fingerprint density at radius 3 is 2.73 bits per heavy atom. The number of carbonyl (C=O) groups is 2. The zero-order valence-electron chi connectivity index (χ0n) is 12.7. The van der Waals surface area contributed by atoms with E-state index in [0.29, 0.717) is 11.6 Å². The van der Waals surface area contributed by atoms with Crippen molar-refractivity contribution >= 4 is 17.5 Å². The van der Waals surface area contributed by atoms with Crippen LogP contribution in [0.3, 0.4) is 0 Å². The van der Waals surface area contributed by atoms with E-state index < -0.39 is 11.7 Å². The first-order chi connectivity index (χ1) is 10.5. The number of rotatable bonds is 5. The van der Waals surface area contributed by atoms with Gasteiger partial charge in [0.1, 0.15) is 5.82 Å². The highest BCUT2D eigenvalue weighted by Gasteiger charge is 2.22. The Balaban J connectivity index is 1.88. The Bertz CT molecular complexity index is 562. The molecule has 2 amide bonds. The molecule has 6 heteroatoms. The highest BCUT2D eigenvalue weighted by molar-refractivity contribution is 5.94. The fourth-order valence-corrected chi connectivity index (χ4v) is 2.79. The van der Waals surface area contributed by atoms with Gasteiger partial charge in [0.15, 0.2) is 0 Å². The van der Waals surface area contributed by atoms with Crippen molar-refractivity contribution in [2.24, 2.45) is 11.7 Å². The molecule has 2 rings (SSSR count). The number of nitrogens with one attached hydrogen (secondary N) is 2. The lowest BCUT2D eigenvalue weighted by Gasteiger charge is -2.29. The summed E-state index contributed by atoms with van der Waals surface area (Å²) in [7, 11) is 0. The van der Waals surface area contributed by atoms with E-state index in [1.807, 2.05) is 0 Å². The summed E-state index contributed by atoms with van der Waals surface area (Å²) in [6, 6.07) is 4.16. The van der Waals surface area contributed by atoms with Crippen LogP contribution in [0.2, 0.25) is 0 Å². The summed E-state index contributed by atoms with van der Waals surface area (Å²) < 4.78 is 13.4. The smallest absolute Gasteiger partial charge is 0.251 e. The first kappa shape index (κ1) is 16.3. The number of amides is 2. The molecule has 0 heterocycles. The first-order valence-electron chi connectivity index (χ1n) is 7.60. The number of hydrogen-bond acceptors (Lipinski definition) is 3. The van der Waals surface area contributed by atoms with E-state index in [9.17, 15) is 14.0 Å². The number of benzene rings is 1. The Morgan fingerprint density at radius 2 is 2.05 bits per heavy atom. The predicted octanol–water partition coefficient (Wildman–Crippen LogP) is 2.03. The Kier molecular flexibility index (Phi) is 5.35. The minimum atomic E-state index is -0.832. The van der Waals surface area contributed by atoms with Gasteiger partial charge in [0, 0.05) is 11.7 Å². The van der Waals surface area contributed by atoms with Gasteiger partial charge in [-0.3, -0.25) is 9.59 Å². The minimum Gasteiger partial charge on any atom is -0.376 e. The van der Waals surface area contributed by atoms with E-state index in [1.54, 1.807) is 0 Å². The molecule has 0 aliphatic heterocycles. The normalized spacial score (nSPS) is 21.2. The molecule has 1 aliphatic rings. The standard InChI is InChI=1S/C16H22FN3O2/c1-10-4-2-3-5-14(10)20-15(21)9-19-11-6-7-13(17)12(8-11)16(18)22/h6-8,10,14,19H,2-5,9H2,1H3,(H2,18,22)(H,20,21). The van der Waals surface area contributed by atoms with Crippen LogP contribution in [0.1, 0.15) is 43.0 Å². The van der Waals surface area contributed by atoms with Gasteiger partial charge in [-0.2, -0.15) is 0 Å². The molecule has 4 N–H and O–H groups in total. The molecule has 22 heavy (non-hydrogen) atoms. The van der Waals surface area contributed by atoms with Crippen molar-refractivity contribution in [3.63, 3.8) is 0 Å². The molecule has 1 aromatic carbocycles. The highest BCUT2D eigenvalue weighted by Crippen LogP contribution is 2.23. The van der Waals surface area contributed by atoms with Crippen LogP contribution >= 0.6 is 0 Å². The van der Waals surface area contributed by atoms with Crippen LogP contribution in [0, 0.1) is 11.7 Å². The summed E-state index contributed by atoms with van der Waals surface area (Å²) in [5.74, 6) is -1.12. The molecule has 0 saturated heterocycles. The molecule has 120 valence electrons. The summed E-state index contributed by atoms with van der Waals surface area (Å²) in [5.41, 5.74) is 5.39. The second kappa shape index (κ2) is 7.24. The fraction of sp³-hybridized carbons (Fsp3) is 0.500. The van der Waals surface area contributed by atoms with Crippen molar-refractivity contribution in [3.05, 3.63) is 29.6 Å². The topological polar surface area (TPSA) is 84.2 Å². The fourth-order valence-electron chi connectivity index (χ4n) is 2.79. The molecule has 2 unspecified atom stereocenters. The van der Waals surface area contributed by atoms with E-state index >= 15 is 0 Å². The highest BCUT2D eigenvalue weighted by atomic mass is 19.1. The van der Waals surface area contributed by atoms with Crippen molar-refractivity contribution in [2.45, 2.75) is 38.6 Å². The molecule has 0 radical (unpaired) electrons. The molecule has 1 saturated carbocycles.